The fraction of sp³-hybridized carbons (Fsp3) is 0.467. The predicted octanol–water partition coefficient (Wildman–Crippen LogP) is 3.56. The van der Waals surface area contributed by atoms with E-state index in [2.05, 4.69) is 65.6 Å². The summed E-state index contributed by atoms with van der Waals surface area (Å²) < 4.78 is 0. The second-order valence-electron chi connectivity index (χ2n) is 4.80. The number of anilines is 2. The van der Waals surface area contributed by atoms with Gasteiger partial charge in [-0.15, -0.1) is 10.2 Å². The van der Waals surface area contributed by atoms with Crippen molar-refractivity contribution in [2.24, 2.45) is 0 Å². The average Bonchev–Trinajstić information content (AvgIpc) is 2.92. The molecule has 1 aromatic carbocycles. The van der Waals surface area contributed by atoms with Crippen molar-refractivity contribution in [1.29, 1.82) is 0 Å². The summed E-state index contributed by atoms with van der Waals surface area (Å²) in [5, 5.41) is 13.6. The molecule has 1 heterocycles. The van der Waals surface area contributed by atoms with Gasteiger partial charge < -0.3 is 10.2 Å². The molecule has 0 spiro atoms. The quantitative estimate of drug-likeness (QED) is 0.846. The van der Waals surface area contributed by atoms with E-state index in [9.17, 15) is 0 Å². The summed E-state index contributed by atoms with van der Waals surface area (Å²) >= 11 is 1.63. The molecule has 0 amide bonds. The molecule has 2 aromatic rings. The molecule has 0 aliphatic rings. The van der Waals surface area contributed by atoms with Crippen LogP contribution in [0.4, 0.5) is 10.8 Å². The van der Waals surface area contributed by atoms with Crippen molar-refractivity contribution in [3.63, 3.8) is 0 Å². The van der Waals surface area contributed by atoms with Crippen LogP contribution in [-0.2, 0) is 13.0 Å². The highest BCUT2D eigenvalue weighted by molar-refractivity contribution is 7.15. The molecule has 0 radical (unpaired) electrons. The van der Waals surface area contributed by atoms with Gasteiger partial charge in [0.2, 0.25) is 5.13 Å². The minimum atomic E-state index is 0.789. The molecule has 0 saturated heterocycles. The Hall–Kier alpha value is -1.62. The van der Waals surface area contributed by atoms with E-state index in [1.165, 1.54) is 11.3 Å². The largest absolute Gasteiger partial charge is 0.368 e. The van der Waals surface area contributed by atoms with Gasteiger partial charge >= 0.3 is 0 Å². The maximum Gasteiger partial charge on any atom is 0.205 e. The maximum absolute atomic E-state index is 4.23. The summed E-state index contributed by atoms with van der Waals surface area (Å²) in [6, 6.07) is 8.69. The molecule has 0 aliphatic carbocycles. The molecule has 4 nitrogen and oxygen atoms in total. The summed E-state index contributed by atoms with van der Waals surface area (Å²) in [6.07, 6.45) is 2.17. The SMILES string of the molecule is CCCNc1nnc(CN(C)c2ccc(CC)cc2)s1. The predicted molar refractivity (Wildman–Crippen MR) is 86.6 cm³/mol. The highest BCUT2D eigenvalue weighted by Crippen LogP contribution is 2.20. The van der Waals surface area contributed by atoms with Crippen LogP contribution >= 0.6 is 11.3 Å². The van der Waals surface area contributed by atoms with Gasteiger partial charge in [0.05, 0.1) is 6.54 Å². The van der Waals surface area contributed by atoms with Crippen LogP contribution in [0.5, 0.6) is 0 Å². The van der Waals surface area contributed by atoms with Gasteiger partial charge in [-0.1, -0.05) is 37.3 Å². The van der Waals surface area contributed by atoms with Crippen molar-refractivity contribution in [3.05, 3.63) is 34.8 Å². The van der Waals surface area contributed by atoms with E-state index in [1.807, 2.05) is 0 Å². The first-order chi connectivity index (χ1) is 9.72. The number of benzene rings is 1. The fourth-order valence-corrected chi connectivity index (χ4v) is 2.72. The summed E-state index contributed by atoms with van der Waals surface area (Å²) in [4.78, 5) is 2.20. The van der Waals surface area contributed by atoms with Crippen molar-refractivity contribution in [3.8, 4) is 0 Å². The lowest BCUT2D eigenvalue weighted by Crippen LogP contribution is -2.16. The summed E-state index contributed by atoms with van der Waals surface area (Å²) in [5.74, 6) is 0. The molecule has 20 heavy (non-hydrogen) atoms. The molecule has 0 bridgehead atoms. The van der Waals surface area contributed by atoms with Crippen LogP contribution in [-0.4, -0.2) is 23.8 Å². The fourth-order valence-electron chi connectivity index (χ4n) is 1.90. The molecule has 2 rings (SSSR count). The van der Waals surface area contributed by atoms with Gasteiger partial charge in [0.15, 0.2) is 0 Å². The van der Waals surface area contributed by atoms with Crippen molar-refractivity contribution < 1.29 is 0 Å². The Balaban J connectivity index is 1.95. The summed E-state index contributed by atoms with van der Waals surface area (Å²) in [7, 11) is 2.08. The van der Waals surface area contributed by atoms with Gasteiger partial charge in [0.25, 0.3) is 0 Å². The molecule has 0 fully saturated rings. The Bertz CT molecular complexity index is 521. The Morgan fingerprint density at radius 3 is 2.55 bits per heavy atom. The first-order valence-electron chi connectivity index (χ1n) is 7.09. The lowest BCUT2D eigenvalue weighted by Gasteiger charge is -2.17. The third kappa shape index (κ3) is 3.93. The first kappa shape index (κ1) is 14.8. The lowest BCUT2D eigenvalue weighted by atomic mass is 10.1. The standard InChI is InChI=1S/C15H22N4S/c1-4-10-16-15-18-17-14(20-15)11-19(3)13-8-6-12(5-2)7-9-13/h6-9H,4-5,10-11H2,1-3H3,(H,16,18). The van der Waals surface area contributed by atoms with Gasteiger partial charge in [0, 0.05) is 19.3 Å². The van der Waals surface area contributed by atoms with Gasteiger partial charge in [-0.25, -0.2) is 0 Å². The third-order valence-corrected chi connectivity index (χ3v) is 4.02. The van der Waals surface area contributed by atoms with Crippen molar-refractivity contribution in [2.75, 3.05) is 23.8 Å². The minimum Gasteiger partial charge on any atom is -0.368 e. The molecular formula is C15H22N4S. The third-order valence-electron chi connectivity index (χ3n) is 3.15. The normalized spacial score (nSPS) is 10.6. The smallest absolute Gasteiger partial charge is 0.205 e. The van der Waals surface area contributed by atoms with E-state index >= 15 is 0 Å². The molecule has 0 aliphatic heterocycles. The molecule has 0 saturated carbocycles. The van der Waals surface area contributed by atoms with E-state index in [1.54, 1.807) is 11.3 Å². The summed E-state index contributed by atoms with van der Waals surface area (Å²) in [5.41, 5.74) is 2.57. The Morgan fingerprint density at radius 1 is 1.15 bits per heavy atom. The van der Waals surface area contributed by atoms with Crippen LogP contribution < -0.4 is 10.2 Å². The number of rotatable bonds is 7. The molecule has 1 aromatic heterocycles. The zero-order chi connectivity index (χ0) is 14.4. The van der Waals surface area contributed by atoms with Crippen molar-refractivity contribution >= 4 is 22.2 Å². The zero-order valence-corrected chi connectivity index (χ0v) is 13.2. The first-order valence-corrected chi connectivity index (χ1v) is 7.91. The topological polar surface area (TPSA) is 41.1 Å². The van der Waals surface area contributed by atoms with Gasteiger partial charge in [-0.05, 0) is 30.5 Å². The van der Waals surface area contributed by atoms with Crippen LogP contribution in [0.25, 0.3) is 0 Å². The average molecular weight is 290 g/mol. The molecular weight excluding hydrogens is 268 g/mol. The van der Waals surface area contributed by atoms with Crippen LogP contribution in [0.15, 0.2) is 24.3 Å². The zero-order valence-electron chi connectivity index (χ0n) is 12.4. The number of aryl methyl sites for hydroxylation is 1. The van der Waals surface area contributed by atoms with Gasteiger partial charge in [0.1, 0.15) is 5.01 Å². The Morgan fingerprint density at radius 2 is 1.90 bits per heavy atom. The van der Waals surface area contributed by atoms with Crippen molar-refractivity contribution in [1.82, 2.24) is 10.2 Å². The Kier molecular flexibility index (Phi) is 5.35. The minimum absolute atomic E-state index is 0.789. The van der Waals surface area contributed by atoms with Crippen LogP contribution in [0.3, 0.4) is 0 Å². The molecule has 0 unspecified atom stereocenters. The van der Waals surface area contributed by atoms with Crippen LogP contribution in [0, 0.1) is 0 Å². The number of hydrogen-bond acceptors (Lipinski definition) is 5. The molecule has 0 atom stereocenters. The number of nitrogens with zero attached hydrogens (tertiary/aromatic N) is 3. The van der Waals surface area contributed by atoms with Gasteiger partial charge in [-0.3, -0.25) is 0 Å². The number of hydrogen-bond donors (Lipinski definition) is 1. The van der Waals surface area contributed by atoms with E-state index in [0.717, 1.165) is 36.1 Å². The molecule has 5 heteroatoms. The molecule has 1 N–H and O–H groups in total. The lowest BCUT2D eigenvalue weighted by molar-refractivity contribution is 0.877. The van der Waals surface area contributed by atoms with E-state index < -0.39 is 0 Å². The maximum atomic E-state index is 4.23. The van der Waals surface area contributed by atoms with E-state index in [0.29, 0.717) is 0 Å². The molecule has 108 valence electrons. The number of nitrogens with one attached hydrogen (secondary N) is 1. The second kappa shape index (κ2) is 7.24. The monoisotopic (exact) mass is 290 g/mol. The van der Waals surface area contributed by atoms with E-state index in [-0.39, 0.29) is 0 Å². The number of aromatic nitrogens is 2. The summed E-state index contributed by atoms with van der Waals surface area (Å²) in [6.45, 7) is 6.05. The Labute approximate surface area is 124 Å². The highest BCUT2D eigenvalue weighted by Gasteiger charge is 2.07. The van der Waals surface area contributed by atoms with Crippen LogP contribution in [0.2, 0.25) is 0 Å². The van der Waals surface area contributed by atoms with Gasteiger partial charge in [-0.2, -0.15) is 0 Å². The highest BCUT2D eigenvalue weighted by atomic mass is 32.1. The van der Waals surface area contributed by atoms with Crippen molar-refractivity contribution in [2.45, 2.75) is 33.2 Å². The van der Waals surface area contributed by atoms with Crippen LogP contribution in [0.1, 0.15) is 30.8 Å². The van der Waals surface area contributed by atoms with E-state index in [4.69, 9.17) is 0 Å². The second-order valence-corrected chi connectivity index (χ2v) is 5.87.